The van der Waals surface area contributed by atoms with Crippen LogP contribution in [0.1, 0.15) is 16.1 Å². The molecule has 0 saturated heterocycles. The summed E-state index contributed by atoms with van der Waals surface area (Å²) < 4.78 is 11.4. The van der Waals surface area contributed by atoms with Gasteiger partial charge in [-0.2, -0.15) is 0 Å². The van der Waals surface area contributed by atoms with Gasteiger partial charge in [0.15, 0.2) is 5.76 Å². The number of carbonyl (C=O) groups excluding carboxylic acids is 1. The number of carbonyl (C=O) groups is 1. The fraction of sp³-hybridized carbons (Fsp3) is 0.0588. The summed E-state index contributed by atoms with van der Waals surface area (Å²) in [5.74, 6) is 0.185. The van der Waals surface area contributed by atoms with Gasteiger partial charge >= 0.3 is 5.97 Å². The van der Waals surface area contributed by atoms with Crippen molar-refractivity contribution >= 4 is 33.5 Å². The molecule has 4 nitrogen and oxygen atoms in total. The topological polar surface area (TPSA) is 52.3 Å². The van der Waals surface area contributed by atoms with Gasteiger partial charge in [0.1, 0.15) is 12.3 Å². The van der Waals surface area contributed by atoms with Crippen LogP contribution < -0.4 is 0 Å². The lowest BCUT2D eigenvalue weighted by Gasteiger charge is -2.02. The molecule has 1 aromatic heterocycles. The minimum Gasteiger partial charge on any atom is -0.455 e. The smallest absolute Gasteiger partial charge is 0.338 e. The molecule has 3 aromatic rings. The summed E-state index contributed by atoms with van der Waals surface area (Å²) in [6.07, 6.45) is 0. The van der Waals surface area contributed by atoms with Crippen molar-refractivity contribution in [1.82, 2.24) is 5.16 Å². The number of esters is 1. The first-order valence-corrected chi connectivity index (χ1v) is 7.93. The molecule has 0 aliphatic heterocycles. The molecule has 116 valence electrons. The van der Waals surface area contributed by atoms with Crippen molar-refractivity contribution in [1.29, 1.82) is 0 Å². The third kappa shape index (κ3) is 4.00. The molecular weight excluding hydrogens is 382 g/mol. The average Bonchev–Trinajstić information content (AvgIpc) is 3.03. The van der Waals surface area contributed by atoms with E-state index in [1.807, 2.05) is 12.1 Å². The Kier molecular flexibility index (Phi) is 4.79. The summed E-state index contributed by atoms with van der Waals surface area (Å²) in [6, 6.07) is 15.9. The summed E-state index contributed by atoms with van der Waals surface area (Å²) in [4.78, 5) is 11.9. The van der Waals surface area contributed by atoms with E-state index >= 15 is 0 Å². The van der Waals surface area contributed by atoms with Crippen molar-refractivity contribution in [3.05, 3.63) is 75.4 Å². The zero-order chi connectivity index (χ0) is 16.2. The Morgan fingerprint density at radius 2 is 1.83 bits per heavy atom. The largest absolute Gasteiger partial charge is 0.455 e. The van der Waals surface area contributed by atoms with Gasteiger partial charge in [0.2, 0.25) is 0 Å². The monoisotopic (exact) mass is 391 g/mol. The molecule has 0 unspecified atom stereocenters. The van der Waals surface area contributed by atoms with Crippen LogP contribution in [-0.4, -0.2) is 11.1 Å². The van der Waals surface area contributed by atoms with Crippen LogP contribution in [0.3, 0.4) is 0 Å². The molecule has 6 heteroatoms. The summed E-state index contributed by atoms with van der Waals surface area (Å²) >= 11 is 9.17. The Bertz CT molecular complexity index is 813. The van der Waals surface area contributed by atoms with Crippen LogP contribution in [0.5, 0.6) is 0 Å². The molecule has 23 heavy (non-hydrogen) atoms. The Balaban J connectivity index is 1.64. The Labute approximate surface area is 146 Å². The molecule has 3 rings (SSSR count). The number of hydrogen-bond acceptors (Lipinski definition) is 4. The first-order valence-electron chi connectivity index (χ1n) is 6.76. The standard InChI is InChI=1S/C17H11BrClNO3/c18-13-5-1-12(2-6-13)17(21)22-10-15-9-16(23-20-15)11-3-7-14(19)8-4-11/h1-9H,10H2. The van der Waals surface area contributed by atoms with Gasteiger partial charge < -0.3 is 9.26 Å². The number of rotatable bonds is 4. The highest BCUT2D eigenvalue weighted by molar-refractivity contribution is 9.10. The molecule has 0 aliphatic rings. The van der Waals surface area contributed by atoms with Gasteiger partial charge in [0.05, 0.1) is 5.56 Å². The maximum absolute atomic E-state index is 11.9. The molecule has 0 saturated carbocycles. The van der Waals surface area contributed by atoms with Gasteiger partial charge in [0, 0.05) is 21.1 Å². The molecule has 0 amide bonds. The van der Waals surface area contributed by atoms with Crippen LogP contribution in [0.2, 0.25) is 5.02 Å². The van der Waals surface area contributed by atoms with Crippen LogP contribution in [-0.2, 0) is 11.3 Å². The van der Waals surface area contributed by atoms with Gasteiger partial charge in [0.25, 0.3) is 0 Å². The number of ether oxygens (including phenoxy) is 1. The van der Waals surface area contributed by atoms with E-state index < -0.39 is 5.97 Å². The van der Waals surface area contributed by atoms with Crippen molar-refractivity contribution < 1.29 is 14.1 Å². The van der Waals surface area contributed by atoms with E-state index in [0.717, 1.165) is 10.0 Å². The predicted octanol–water partition coefficient (Wildman–Crippen LogP) is 5.11. The predicted molar refractivity (Wildman–Crippen MR) is 90.2 cm³/mol. The van der Waals surface area contributed by atoms with Crippen molar-refractivity contribution in [2.75, 3.05) is 0 Å². The van der Waals surface area contributed by atoms with Crippen molar-refractivity contribution in [2.24, 2.45) is 0 Å². The van der Waals surface area contributed by atoms with Crippen LogP contribution in [0.25, 0.3) is 11.3 Å². The third-order valence-corrected chi connectivity index (χ3v) is 3.90. The third-order valence-electron chi connectivity index (χ3n) is 3.12. The maximum atomic E-state index is 11.9. The summed E-state index contributed by atoms with van der Waals surface area (Å²) in [5.41, 5.74) is 1.88. The highest BCUT2D eigenvalue weighted by Gasteiger charge is 2.11. The second-order valence-corrected chi connectivity index (χ2v) is 6.12. The Morgan fingerprint density at radius 3 is 2.52 bits per heavy atom. The number of hydrogen-bond donors (Lipinski definition) is 0. The van der Waals surface area contributed by atoms with E-state index in [1.54, 1.807) is 42.5 Å². The van der Waals surface area contributed by atoms with Crippen LogP contribution in [0, 0.1) is 0 Å². The normalized spacial score (nSPS) is 10.5. The number of benzene rings is 2. The SMILES string of the molecule is O=C(OCc1cc(-c2ccc(Cl)cc2)on1)c1ccc(Br)cc1. The van der Waals surface area contributed by atoms with E-state index in [9.17, 15) is 4.79 Å². The quantitative estimate of drug-likeness (QED) is 0.579. The number of halogens is 2. The van der Waals surface area contributed by atoms with Crippen LogP contribution >= 0.6 is 27.5 Å². The highest BCUT2D eigenvalue weighted by Crippen LogP contribution is 2.22. The van der Waals surface area contributed by atoms with Gasteiger partial charge in [-0.05, 0) is 48.5 Å². The maximum Gasteiger partial charge on any atom is 0.338 e. The van der Waals surface area contributed by atoms with Gasteiger partial charge in [-0.3, -0.25) is 0 Å². The second-order valence-electron chi connectivity index (χ2n) is 4.77. The fourth-order valence-electron chi connectivity index (χ4n) is 1.94. The van der Waals surface area contributed by atoms with Crippen molar-refractivity contribution in [2.45, 2.75) is 6.61 Å². The Morgan fingerprint density at radius 1 is 1.13 bits per heavy atom. The van der Waals surface area contributed by atoms with Crippen LogP contribution in [0.15, 0.2) is 63.6 Å². The molecule has 2 aromatic carbocycles. The zero-order valence-corrected chi connectivity index (χ0v) is 14.2. The average molecular weight is 393 g/mol. The molecule has 0 fully saturated rings. The lowest BCUT2D eigenvalue weighted by molar-refractivity contribution is 0.0464. The van der Waals surface area contributed by atoms with E-state index in [2.05, 4.69) is 21.1 Å². The lowest BCUT2D eigenvalue weighted by atomic mass is 10.2. The first-order chi connectivity index (χ1) is 11.1. The first kappa shape index (κ1) is 15.8. The van der Waals surface area contributed by atoms with E-state index in [1.165, 1.54) is 0 Å². The molecule has 0 atom stereocenters. The van der Waals surface area contributed by atoms with E-state index in [4.69, 9.17) is 20.9 Å². The molecule has 0 spiro atoms. The zero-order valence-electron chi connectivity index (χ0n) is 11.8. The highest BCUT2D eigenvalue weighted by atomic mass is 79.9. The number of nitrogens with zero attached hydrogens (tertiary/aromatic N) is 1. The van der Waals surface area contributed by atoms with Gasteiger partial charge in [-0.1, -0.05) is 32.7 Å². The molecule has 0 radical (unpaired) electrons. The molecular formula is C17H11BrClNO3. The molecule has 1 heterocycles. The second kappa shape index (κ2) is 6.98. The molecule has 0 aliphatic carbocycles. The fourth-order valence-corrected chi connectivity index (χ4v) is 2.33. The lowest BCUT2D eigenvalue weighted by Crippen LogP contribution is -2.05. The summed E-state index contributed by atoms with van der Waals surface area (Å²) in [6.45, 7) is 0.0476. The minimum atomic E-state index is -0.409. The van der Waals surface area contributed by atoms with Crippen molar-refractivity contribution in [3.63, 3.8) is 0 Å². The Hall–Kier alpha value is -2.11. The van der Waals surface area contributed by atoms with Gasteiger partial charge in [-0.15, -0.1) is 0 Å². The summed E-state index contributed by atoms with van der Waals surface area (Å²) in [7, 11) is 0. The van der Waals surface area contributed by atoms with E-state index in [0.29, 0.717) is 22.0 Å². The van der Waals surface area contributed by atoms with Crippen molar-refractivity contribution in [3.8, 4) is 11.3 Å². The number of aromatic nitrogens is 1. The van der Waals surface area contributed by atoms with Gasteiger partial charge in [-0.25, -0.2) is 4.79 Å². The minimum absolute atomic E-state index is 0.0476. The summed E-state index contributed by atoms with van der Waals surface area (Å²) in [5, 5.41) is 4.55. The van der Waals surface area contributed by atoms with Crippen LogP contribution in [0.4, 0.5) is 0 Å². The molecule has 0 N–H and O–H groups in total. The van der Waals surface area contributed by atoms with E-state index in [-0.39, 0.29) is 6.61 Å². The molecule has 0 bridgehead atoms.